The van der Waals surface area contributed by atoms with Gasteiger partial charge in [-0.2, -0.15) is 0 Å². The first-order chi connectivity index (χ1) is 18.0. The highest BCUT2D eigenvalue weighted by molar-refractivity contribution is 7.91. The number of hydrogen-bond acceptors (Lipinski definition) is 9. The van der Waals surface area contributed by atoms with Gasteiger partial charge in [0.05, 0.1) is 12.3 Å². The van der Waals surface area contributed by atoms with Crippen molar-refractivity contribution in [3.05, 3.63) is 53.6 Å². The zero-order valence-electron chi connectivity index (χ0n) is 21.6. The first kappa shape index (κ1) is 25.9. The minimum absolute atomic E-state index is 0.112. The summed E-state index contributed by atoms with van der Waals surface area (Å²) in [4.78, 5) is 26.6. The molecule has 38 heavy (non-hydrogen) atoms. The first-order valence-corrected chi connectivity index (χ1v) is 14.3. The van der Waals surface area contributed by atoms with E-state index in [9.17, 15) is 13.2 Å². The van der Waals surface area contributed by atoms with Crippen LogP contribution in [0.2, 0.25) is 0 Å². The van der Waals surface area contributed by atoms with Gasteiger partial charge in [-0.1, -0.05) is 19.9 Å². The van der Waals surface area contributed by atoms with Crippen molar-refractivity contribution in [1.82, 2.24) is 15.0 Å². The van der Waals surface area contributed by atoms with Crippen molar-refractivity contribution < 1.29 is 17.9 Å². The number of anilines is 2. The van der Waals surface area contributed by atoms with Crippen molar-refractivity contribution >= 4 is 27.4 Å². The SMILES string of the molecule is CC1(C)CCc2ncnc(N3CCOc4ccc(-c5cnc(N)c(S(=O)(=O)CCC(N)=O)c5)cc4C3)c2C1. The molecule has 1 aromatic carbocycles. The second-order valence-corrected chi connectivity index (χ2v) is 12.8. The van der Waals surface area contributed by atoms with E-state index in [0.29, 0.717) is 25.3 Å². The van der Waals surface area contributed by atoms with Crippen molar-refractivity contribution in [3.63, 3.8) is 0 Å². The number of aromatic nitrogens is 3. The Morgan fingerprint density at radius 3 is 2.76 bits per heavy atom. The topological polar surface area (TPSA) is 154 Å². The van der Waals surface area contributed by atoms with Crippen LogP contribution in [0.1, 0.15) is 43.5 Å². The molecule has 0 saturated carbocycles. The van der Waals surface area contributed by atoms with E-state index in [1.54, 1.807) is 12.5 Å². The van der Waals surface area contributed by atoms with Crippen LogP contribution >= 0.6 is 0 Å². The lowest BCUT2D eigenvalue weighted by Gasteiger charge is -2.33. The third-order valence-electron chi connectivity index (χ3n) is 7.21. The summed E-state index contributed by atoms with van der Waals surface area (Å²) in [5, 5.41) is 0. The fourth-order valence-corrected chi connectivity index (χ4v) is 6.46. The van der Waals surface area contributed by atoms with Gasteiger partial charge in [-0.3, -0.25) is 4.79 Å². The molecule has 3 aromatic rings. The van der Waals surface area contributed by atoms with Crippen LogP contribution in [0.3, 0.4) is 0 Å². The highest BCUT2D eigenvalue weighted by Crippen LogP contribution is 2.39. The lowest BCUT2D eigenvalue weighted by Crippen LogP contribution is -2.31. The molecule has 1 aliphatic heterocycles. The van der Waals surface area contributed by atoms with Crippen LogP contribution in [0.4, 0.5) is 11.6 Å². The highest BCUT2D eigenvalue weighted by Gasteiger charge is 2.31. The highest BCUT2D eigenvalue weighted by atomic mass is 32.2. The van der Waals surface area contributed by atoms with Gasteiger partial charge in [0, 0.05) is 41.5 Å². The Hall–Kier alpha value is -3.73. The van der Waals surface area contributed by atoms with Crippen LogP contribution < -0.4 is 21.1 Å². The number of nitrogens with two attached hydrogens (primary N) is 2. The summed E-state index contributed by atoms with van der Waals surface area (Å²) in [5.74, 6) is 0.489. The third kappa shape index (κ3) is 5.28. The Morgan fingerprint density at radius 2 is 1.97 bits per heavy atom. The zero-order valence-corrected chi connectivity index (χ0v) is 22.4. The number of pyridine rings is 1. The molecule has 1 amide bonds. The summed E-state index contributed by atoms with van der Waals surface area (Å²) in [6.07, 6.45) is 5.87. The number of amides is 1. The lowest BCUT2D eigenvalue weighted by atomic mass is 9.76. The second kappa shape index (κ2) is 9.86. The first-order valence-electron chi connectivity index (χ1n) is 12.6. The zero-order chi connectivity index (χ0) is 27.1. The summed E-state index contributed by atoms with van der Waals surface area (Å²) in [6.45, 7) is 6.34. The number of hydrogen-bond donors (Lipinski definition) is 2. The smallest absolute Gasteiger partial charge is 0.218 e. The molecule has 0 spiro atoms. The van der Waals surface area contributed by atoms with Crippen LogP contribution in [-0.2, 0) is 34.0 Å². The normalized spacial score (nSPS) is 16.6. The van der Waals surface area contributed by atoms with Crippen molar-refractivity contribution in [2.24, 2.45) is 11.1 Å². The summed E-state index contributed by atoms with van der Waals surface area (Å²) in [5.41, 5.74) is 15.9. The maximum atomic E-state index is 12.8. The lowest BCUT2D eigenvalue weighted by molar-refractivity contribution is -0.117. The van der Waals surface area contributed by atoms with E-state index in [4.69, 9.17) is 21.2 Å². The number of fused-ring (bicyclic) bond motifs is 2. The Balaban J connectivity index is 1.48. The Labute approximate surface area is 222 Å². The number of rotatable bonds is 6. The van der Waals surface area contributed by atoms with E-state index >= 15 is 0 Å². The molecular formula is C27H32N6O4S. The van der Waals surface area contributed by atoms with E-state index < -0.39 is 21.5 Å². The number of carbonyl (C=O) groups is 1. The fraction of sp³-hybridized carbons (Fsp3) is 0.407. The van der Waals surface area contributed by atoms with Gasteiger partial charge < -0.3 is 21.1 Å². The van der Waals surface area contributed by atoms with Crippen molar-refractivity contribution in [2.45, 2.75) is 51.0 Å². The largest absolute Gasteiger partial charge is 0.491 e. The van der Waals surface area contributed by atoms with E-state index in [2.05, 4.69) is 28.7 Å². The number of aryl methyl sites for hydroxylation is 1. The van der Waals surface area contributed by atoms with Gasteiger partial charge in [0.1, 0.15) is 35.2 Å². The average molecular weight is 537 g/mol. The molecule has 2 aromatic heterocycles. The molecule has 0 radical (unpaired) electrons. The van der Waals surface area contributed by atoms with E-state index in [1.165, 1.54) is 11.6 Å². The number of nitrogen functional groups attached to an aromatic ring is 1. The Bertz CT molecular complexity index is 1510. The fourth-order valence-electron chi connectivity index (χ4n) is 5.09. The van der Waals surface area contributed by atoms with E-state index in [0.717, 1.165) is 47.7 Å². The molecule has 4 N–H and O–H groups in total. The molecule has 0 fully saturated rings. The van der Waals surface area contributed by atoms with E-state index in [1.807, 2.05) is 18.2 Å². The maximum absolute atomic E-state index is 12.8. The molecule has 1 aliphatic carbocycles. The number of primary amides is 1. The van der Waals surface area contributed by atoms with Crippen LogP contribution in [0, 0.1) is 5.41 Å². The van der Waals surface area contributed by atoms with Gasteiger partial charge in [-0.25, -0.2) is 23.4 Å². The molecule has 0 unspecified atom stereocenters. The number of sulfone groups is 1. The summed E-state index contributed by atoms with van der Waals surface area (Å²) < 4.78 is 31.7. The molecule has 10 nitrogen and oxygen atoms in total. The minimum Gasteiger partial charge on any atom is -0.491 e. The summed E-state index contributed by atoms with van der Waals surface area (Å²) in [7, 11) is -3.84. The summed E-state index contributed by atoms with van der Waals surface area (Å²) >= 11 is 0. The van der Waals surface area contributed by atoms with Gasteiger partial charge in [-0.05, 0) is 48.4 Å². The van der Waals surface area contributed by atoms with Gasteiger partial charge in [-0.15, -0.1) is 0 Å². The van der Waals surface area contributed by atoms with Crippen molar-refractivity contribution in [1.29, 1.82) is 0 Å². The van der Waals surface area contributed by atoms with Crippen LogP contribution in [0.25, 0.3) is 11.1 Å². The molecular weight excluding hydrogens is 504 g/mol. The van der Waals surface area contributed by atoms with Gasteiger partial charge in [0.25, 0.3) is 0 Å². The van der Waals surface area contributed by atoms with Gasteiger partial charge in [0.2, 0.25) is 5.91 Å². The summed E-state index contributed by atoms with van der Waals surface area (Å²) in [6, 6.07) is 7.25. The molecule has 0 saturated heterocycles. The minimum atomic E-state index is -3.84. The van der Waals surface area contributed by atoms with Crippen LogP contribution in [0.5, 0.6) is 5.75 Å². The Kier molecular flexibility index (Phi) is 6.72. The third-order valence-corrected chi connectivity index (χ3v) is 8.95. The number of ether oxygens (including phenoxy) is 1. The molecule has 5 rings (SSSR count). The van der Waals surface area contributed by atoms with Gasteiger partial charge >= 0.3 is 0 Å². The van der Waals surface area contributed by atoms with E-state index in [-0.39, 0.29) is 22.5 Å². The standard InChI is InChI=1S/C27H32N6O4S/c1-27(2)7-5-21-20(13-27)26(32-16-31-21)33-8-9-37-22-4-3-17(11-19(22)15-33)18-12-23(25(29)30-14-18)38(35,36)10-6-24(28)34/h3-4,11-12,14,16H,5-10,13,15H2,1-2H3,(H2,28,34)(H2,29,30). The second-order valence-electron chi connectivity index (χ2n) is 10.7. The van der Waals surface area contributed by atoms with Crippen molar-refractivity contribution in [2.75, 3.05) is 29.5 Å². The van der Waals surface area contributed by atoms with Crippen LogP contribution in [0.15, 0.2) is 41.7 Å². The molecule has 0 atom stereocenters. The molecule has 2 aliphatic rings. The molecule has 11 heteroatoms. The molecule has 3 heterocycles. The number of carbonyl (C=O) groups excluding carboxylic acids is 1. The number of benzene rings is 1. The predicted molar refractivity (Wildman–Crippen MR) is 144 cm³/mol. The molecule has 200 valence electrons. The van der Waals surface area contributed by atoms with Crippen LogP contribution in [-0.4, -0.2) is 48.2 Å². The maximum Gasteiger partial charge on any atom is 0.218 e. The number of nitrogens with zero attached hydrogens (tertiary/aromatic N) is 4. The van der Waals surface area contributed by atoms with Crippen molar-refractivity contribution in [3.8, 4) is 16.9 Å². The van der Waals surface area contributed by atoms with Gasteiger partial charge in [0.15, 0.2) is 9.84 Å². The predicted octanol–water partition coefficient (Wildman–Crippen LogP) is 2.68. The average Bonchev–Trinajstić information content (AvgIpc) is 3.09. The molecule has 0 bridgehead atoms. The Morgan fingerprint density at radius 1 is 1.16 bits per heavy atom. The monoisotopic (exact) mass is 536 g/mol. The quantitative estimate of drug-likeness (QED) is 0.484.